The van der Waals surface area contributed by atoms with Gasteiger partial charge in [0.2, 0.25) is 5.88 Å². The molecule has 0 aliphatic rings. The number of nitrogens with one attached hydrogen (secondary N) is 1. The Morgan fingerprint density at radius 2 is 2.28 bits per heavy atom. The van der Waals surface area contributed by atoms with E-state index in [0.29, 0.717) is 6.92 Å². The van der Waals surface area contributed by atoms with Gasteiger partial charge in [0.1, 0.15) is 0 Å². The number of methoxy groups -OCH3 is 1. The number of aromatic amines is 1. The van der Waals surface area contributed by atoms with E-state index in [4.69, 9.17) is 0 Å². The summed E-state index contributed by atoms with van der Waals surface area (Å²) in [5.41, 5.74) is -1.55. The maximum Gasteiger partial charge on any atom is 0.306 e. The van der Waals surface area contributed by atoms with Crippen LogP contribution in [-0.2, 0) is 9.53 Å². The standard InChI is InChI=1S/C10H12F2N2O4/c1-10(11,12)5(3-6(15)18-2)7-8(16)13-4-14-9(7)17/h4-5H,3H2,1-2H3,(H2,13,14,16,17). The fraction of sp³-hybridized carbons (Fsp3) is 0.500. The Bertz CT molecular complexity index is 495. The predicted octanol–water partition coefficient (Wildman–Crippen LogP) is 0.777. The van der Waals surface area contributed by atoms with Crippen LogP contribution in [0.2, 0.25) is 0 Å². The average molecular weight is 262 g/mol. The first-order chi connectivity index (χ1) is 8.27. The number of hydrogen-bond acceptors (Lipinski definition) is 5. The Balaban J connectivity index is 3.27. The summed E-state index contributed by atoms with van der Waals surface area (Å²) in [6.07, 6.45) is 0.145. The number of hydrogen-bond donors (Lipinski definition) is 2. The molecule has 1 rings (SSSR count). The van der Waals surface area contributed by atoms with E-state index >= 15 is 0 Å². The van der Waals surface area contributed by atoms with E-state index in [-0.39, 0.29) is 0 Å². The van der Waals surface area contributed by atoms with Crippen molar-refractivity contribution in [2.45, 2.75) is 25.2 Å². The lowest BCUT2D eigenvalue weighted by Crippen LogP contribution is -2.30. The molecule has 1 aromatic rings. The van der Waals surface area contributed by atoms with E-state index in [1.807, 2.05) is 0 Å². The van der Waals surface area contributed by atoms with Crippen molar-refractivity contribution in [2.75, 3.05) is 7.11 Å². The number of ether oxygens (including phenoxy) is 1. The molecule has 0 aliphatic carbocycles. The monoisotopic (exact) mass is 262 g/mol. The molecule has 1 atom stereocenters. The van der Waals surface area contributed by atoms with E-state index in [9.17, 15) is 23.5 Å². The van der Waals surface area contributed by atoms with Crippen LogP contribution < -0.4 is 5.56 Å². The quantitative estimate of drug-likeness (QED) is 0.782. The van der Waals surface area contributed by atoms with Crippen molar-refractivity contribution in [1.82, 2.24) is 9.97 Å². The number of H-pyrrole nitrogens is 1. The van der Waals surface area contributed by atoms with Gasteiger partial charge in [0.15, 0.2) is 0 Å². The van der Waals surface area contributed by atoms with Crippen LogP contribution in [0.1, 0.15) is 24.8 Å². The summed E-state index contributed by atoms with van der Waals surface area (Å²) in [6, 6.07) is 0. The summed E-state index contributed by atoms with van der Waals surface area (Å²) in [7, 11) is 1.04. The third kappa shape index (κ3) is 3.02. The van der Waals surface area contributed by atoms with Gasteiger partial charge in [-0.25, -0.2) is 13.8 Å². The van der Waals surface area contributed by atoms with Gasteiger partial charge in [0.25, 0.3) is 11.5 Å². The topological polar surface area (TPSA) is 92.3 Å². The molecule has 0 saturated heterocycles. The van der Waals surface area contributed by atoms with Crippen LogP contribution in [-0.4, -0.2) is 34.1 Å². The minimum Gasteiger partial charge on any atom is -0.493 e. The van der Waals surface area contributed by atoms with E-state index < -0.39 is 41.2 Å². The number of carbonyl (C=O) groups excluding carboxylic acids is 1. The molecule has 8 heteroatoms. The van der Waals surface area contributed by atoms with Crippen molar-refractivity contribution in [2.24, 2.45) is 0 Å². The third-order valence-corrected chi connectivity index (χ3v) is 2.43. The van der Waals surface area contributed by atoms with Gasteiger partial charge in [0.05, 0.1) is 31.3 Å². The van der Waals surface area contributed by atoms with Crippen LogP contribution in [0.5, 0.6) is 5.88 Å². The Kier molecular flexibility index (Phi) is 4.00. The molecule has 1 aromatic heterocycles. The minimum absolute atomic E-state index is 0.548. The number of esters is 1. The fourth-order valence-electron chi connectivity index (χ4n) is 1.50. The van der Waals surface area contributed by atoms with Crippen molar-refractivity contribution >= 4 is 5.97 Å². The molecule has 0 fully saturated rings. The molecule has 6 nitrogen and oxygen atoms in total. The number of alkyl halides is 2. The maximum absolute atomic E-state index is 13.4. The SMILES string of the molecule is COC(=O)CC(c1c(O)nc[nH]c1=O)C(C)(F)F. The number of carbonyl (C=O) groups is 1. The van der Waals surface area contributed by atoms with Gasteiger partial charge in [-0.2, -0.15) is 0 Å². The van der Waals surface area contributed by atoms with Crippen molar-refractivity contribution < 1.29 is 23.4 Å². The number of aromatic nitrogens is 2. The number of halogens is 2. The van der Waals surface area contributed by atoms with Crippen molar-refractivity contribution in [3.63, 3.8) is 0 Å². The van der Waals surface area contributed by atoms with Gasteiger partial charge in [-0.1, -0.05) is 0 Å². The number of nitrogens with zero attached hydrogens (tertiary/aromatic N) is 1. The molecule has 0 spiro atoms. The minimum atomic E-state index is -3.39. The first kappa shape index (κ1) is 14.1. The largest absolute Gasteiger partial charge is 0.493 e. The Morgan fingerprint density at radius 1 is 1.67 bits per heavy atom. The first-order valence-electron chi connectivity index (χ1n) is 4.98. The van der Waals surface area contributed by atoms with E-state index in [1.54, 1.807) is 0 Å². The van der Waals surface area contributed by atoms with Crippen LogP contribution >= 0.6 is 0 Å². The smallest absolute Gasteiger partial charge is 0.306 e. The second kappa shape index (κ2) is 5.11. The zero-order valence-corrected chi connectivity index (χ0v) is 9.74. The second-order valence-corrected chi connectivity index (χ2v) is 3.76. The zero-order valence-electron chi connectivity index (χ0n) is 9.74. The highest BCUT2D eigenvalue weighted by molar-refractivity contribution is 5.70. The van der Waals surface area contributed by atoms with Gasteiger partial charge in [0, 0.05) is 0 Å². The van der Waals surface area contributed by atoms with Crippen LogP contribution in [0.15, 0.2) is 11.1 Å². The maximum atomic E-state index is 13.4. The third-order valence-electron chi connectivity index (χ3n) is 2.43. The highest BCUT2D eigenvalue weighted by Gasteiger charge is 2.40. The summed E-state index contributed by atoms with van der Waals surface area (Å²) in [5, 5.41) is 9.39. The lowest BCUT2D eigenvalue weighted by Gasteiger charge is -2.22. The van der Waals surface area contributed by atoms with Crippen molar-refractivity contribution in [3.05, 3.63) is 22.2 Å². The van der Waals surface area contributed by atoms with Gasteiger partial charge in [-0.3, -0.25) is 9.59 Å². The van der Waals surface area contributed by atoms with Crippen LogP contribution in [0.4, 0.5) is 8.78 Å². The molecule has 100 valence electrons. The van der Waals surface area contributed by atoms with Gasteiger partial charge < -0.3 is 14.8 Å². The predicted molar refractivity (Wildman–Crippen MR) is 56.5 cm³/mol. The normalized spacial score (nSPS) is 13.1. The highest BCUT2D eigenvalue weighted by atomic mass is 19.3. The van der Waals surface area contributed by atoms with E-state index in [2.05, 4.69) is 14.7 Å². The van der Waals surface area contributed by atoms with E-state index in [0.717, 1.165) is 13.4 Å². The Labute approximate surface area is 101 Å². The van der Waals surface area contributed by atoms with Crippen molar-refractivity contribution in [3.8, 4) is 5.88 Å². The molecule has 2 N–H and O–H groups in total. The van der Waals surface area contributed by atoms with Crippen LogP contribution in [0.25, 0.3) is 0 Å². The zero-order chi connectivity index (χ0) is 13.9. The number of aromatic hydroxyl groups is 1. The van der Waals surface area contributed by atoms with Gasteiger partial charge >= 0.3 is 5.97 Å². The summed E-state index contributed by atoms with van der Waals surface area (Å²) in [4.78, 5) is 27.9. The summed E-state index contributed by atoms with van der Waals surface area (Å²) in [5.74, 6) is -6.93. The van der Waals surface area contributed by atoms with Crippen molar-refractivity contribution in [1.29, 1.82) is 0 Å². The lowest BCUT2D eigenvalue weighted by molar-refractivity contribution is -0.143. The Hall–Kier alpha value is -1.99. The molecule has 0 aromatic carbocycles. The van der Waals surface area contributed by atoms with Gasteiger partial charge in [-0.05, 0) is 6.92 Å². The molecule has 18 heavy (non-hydrogen) atoms. The molecule has 1 unspecified atom stereocenters. The second-order valence-electron chi connectivity index (χ2n) is 3.76. The molecular formula is C10H12F2N2O4. The summed E-state index contributed by atoms with van der Waals surface area (Å²) in [6.45, 7) is 0.548. The first-order valence-corrected chi connectivity index (χ1v) is 4.98. The van der Waals surface area contributed by atoms with Crippen LogP contribution in [0.3, 0.4) is 0 Å². The molecule has 0 saturated carbocycles. The molecule has 0 radical (unpaired) electrons. The number of rotatable bonds is 4. The lowest BCUT2D eigenvalue weighted by atomic mass is 9.91. The Morgan fingerprint density at radius 3 is 2.72 bits per heavy atom. The summed E-state index contributed by atoms with van der Waals surface area (Å²) >= 11 is 0. The summed E-state index contributed by atoms with van der Waals surface area (Å²) < 4.78 is 31.1. The van der Waals surface area contributed by atoms with Gasteiger partial charge in [-0.15, -0.1) is 0 Å². The van der Waals surface area contributed by atoms with E-state index in [1.165, 1.54) is 0 Å². The average Bonchev–Trinajstić information content (AvgIpc) is 2.25. The molecule has 0 amide bonds. The molecule has 0 aliphatic heterocycles. The molecular weight excluding hydrogens is 250 g/mol. The molecule has 0 bridgehead atoms. The highest BCUT2D eigenvalue weighted by Crippen LogP contribution is 2.37. The van der Waals surface area contributed by atoms with Crippen LogP contribution in [0, 0.1) is 0 Å². The fourth-order valence-corrected chi connectivity index (χ4v) is 1.50. The molecule has 1 heterocycles.